The number of ketones is 1. The second kappa shape index (κ2) is 9.15. The van der Waals surface area contributed by atoms with E-state index in [1.807, 2.05) is 18.2 Å². The molecule has 3 aromatic carbocycles. The molecule has 0 bridgehead atoms. The molecule has 0 spiro atoms. The number of halogens is 1. The fourth-order valence-corrected chi connectivity index (χ4v) is 2.72. The predicted molar refractivity (Wildman–Crippen MR) is 112 cm³/mol. The second-order valence-corrected chi connectivity index (χ2v) is 6.81. The van der Waals surface area contributed by atoms with Crippen molar-refractivity contribution in [3.05, 3.63) is 100 Å². The normalized spacial score (nSPS) is 10.6. The monoisotopic (exact) mass is 436 g/mol. The molecule has 0 radical (unpaired) electrons. The van der Waals surface area contributed by atoms with E-state index < -0.39 is 5.97 Å². The number of benzene rings is 3. The fourth-order valence-electron chi connectivity index (χ4n) is 2.46. The molecule has 0 aliphatic rings. The number of rotatable bonds is 6. The Morgan fingerprint density at radius 3 is 2.21 bits per heavy atom. The highest BCUT2D eigenvalue weighted by molar-refractivity contribution is 9.10. The van der Waals surface area contributed by atoms with Crippen molar-refractivity contribution in [2.24, 2.45) is 0 Å². The lowest BCUT2D eigenvalue weighted by Crippen LogP contribution is -2.08. The molecule has 0 unspecified atom stereocenters. The minimum atomic E-state index is -0.463. The summed E-state index contributed by atoms with van der Waals surface area (Å²) in [6.07, 6.45) is 3.18. The van der Waals surface area contributed by atoms with E-state index in [-0.39, 0.29) is 5.78 Å². The van der Waals surface area contributed by atoms with Crippen molar-refractivity contribution in [2.45, 2.75) is 0 Å². The maximum atomic E-state index is 12.3. The van der Waals surface area contributed by atoms with Crippen LogP contribution in [0.1, 0.15) is 26.3 Å². The fraction of sp³-hybridized carbons (Fsp3) is 0.0435. The molecule has 140 valence electrons. The van der Waals surface area contributed by atoms with Crippen LogP contribution in [0.3, 0.4) is 0 Å². The molecule has 0 aromatic heterocycles. The largest absolute Gasteiger partial charge is 0.497 e. The Morgan fingerprint density at radius 1 is 0.857 bits per heavy atom. The summed E-state index contributed by atoms with van der Waals surface area (Å²) in [7, 11) is 1.56. The third-order valence-corrected chi connectivity index (χ3v) is 4.48. The molecule has 0 saturated carbocycles. The lowest BCUT2D eigenvalue weighted by molar-refractivity contribution is 0.0734. The molecule has 0 saturated heterocycles. The lowest BCUT2D eigenvalue weighted by atomic mass is 10.1. The Morgan fingerprint density at radius 2 is 1.54 bits per heavy atom. The summed E-state index contributed by atoms with van der Waals surface area (Å²) in [4.78, 5) is 24.5. The van der Waals surface area contributed by atoms with E-state index in [9.17, 15) is 9.59 Å². The number of hydrogen-bond donors (Lipinski definition) is 0. The van der Waals surface area contributed by atoms with Gasteiger partial charge in [0.25, 0.3) is 0 Å². The molecule has 0 atom stereocenters. The summed E-state index contributed by atoms with van der Waals surface area (Å²) in [5, 5.41) is 0. The summed E-state index contributed by atoms with van der Waals surface area (Å²) in [5.74, 6) is 0.501. The van der Waals surface area contributed by atoms with Gasteiger partial charge in [-0.05, 0) is 72.3 Å². The van der Waals surface area contributed by atoms with Crippen molar-refractivity contribution in [2.75, 3.05) is 7.11 Å². The Labute approximate surface area is 171 Å². The molecular weight excluding hydrogens is 420 g/mol. The number of carbonyl (C=O) groups is 2. The molecule has 3 aromatic rings. The molecule has 28 heavy (non-hydrogen) atoms. The second-order valence-electron chi connectivity index (χ2n) is 5.89. The highest BCUT2D eigenvalue weighted by Crippen LogP contribution is 2.18. The zero-order valence-corrected chi connectivity index (χ0v) is 16.7. The SMILES string of the molecule is COc1ccc(C(=O)Oc2cccc(C=CC(=O)c3ccc(Br)cc3)c2)cc1. The maximum absolute atomic E-state index is 12.3. The minimum absolute atomic E-state index is 0.104. The van der Waals surface area contributed by atoms with E-state index >= 15 is 0 Å². The van der Waals surface area contributed by atoms with Gasteiger partial charge in [0, 0.05) is 10.0 Å². The molecule has 4 nitrogen and oxygen atoms in total. The van der Waals surface area contributed by atoms with Crippen LogP contribution in [0.5, 0.6) is 11.5 Å². The van der Waals surface area contributed by atoms with E-state index in [1.54, 1.807) is 67.8 Å². The summed E-state index contributed by atoms with van der Waals surface area (Å²) in [6, 6.07) is 20.8. The van der Waals surface area contributed by atoms with Crippen LogP contribution in [0.2, 0.25) is 0 Å². The first-order valence-corrected chi connectivity index (χ1v) is 9.29. The van der Waals surface area contributed by atoms with Crippen molar-refractivity contribution < 1.29 is 19.1 Å². The van der Waals surface area contributed by atoms with Crippen LogP contribution in [-0.4, -0.2) is 18.9 Å². The van der Waals surface area contributed by atoms with Crippen molar-refractivity contribution in [3.8, 4) is 11.5 Å². The van der Waals surface area contributed by atoms with Gasteiger partial charge in [0.2, 0.25) is 0 Å². The average molecular weight is 437 g/mol. The van der Waals surface area contributed by atoms with Crippen molar-refractivity contribution in [1.82, 2.24) is 0 Å². The number of hydrogen-bond acceptors (Lipinski definition) is 4. The molecule has 5 heteroatoms. The number of esters is 1. The number of carbonyl (C=O) groups excluding carboxylic acids is 2. The van der Waals surface area contributed by atoms with Crippen LogP contribution in [0.4, 0.5) is 0 Å². The van der Waals surface area contributed by atoms with Gasteiger partial charge < -0.3 is 9.47 Å². The number of allylic oxidation sites excluding steroid dienone is 1. The molecule has 0 aliphatic carbocycles. The van der Waals surface area contributed by atoms with Crippen LogP contribution < -0.4 is 9.47 Å². The third kappa shape index (κ3) is 5.18. The van der Waals surface area contributed by atoms with Gasteiger partial charge in [-0.25, -0.2) is 4.79 Å². The van der Waals surface area contributed by atoms with Gasteiger partial charge in [0.1, 0.15) is 11.5 Å². The Kier molecular flexibility index (Phi) is 6.40. The van der Waals surface area contributed by atoms with Crippen LogP contribution in [0.25, 0.3) is 6.08 Å². The summed E-state index contributed by atoms with van der Waals surface area (Å²) >= 11 is 3.34. The van der Waals surface area contributed by atoms with Crippen LogP contribution in [-0.2, 0) is 0 Å². The van der Waals surface area contributed by atoms with Crippen molar-refractivity contribution in [1.29, 1.82) is 0 Å². The first-order valence-electron chi connectivity index (χ1n) is 8.49. The number of ether oxygens (including phenoxy) is 2. The van der Waals surface area contributed by atoms with E-state index in [4.69, 9.17) is 9.47 Å². The zero-order chi connectivity index (χ0) is 19.9. The topological polar surface area (TPSA) is 52.6 Å². The Hall–Kier alpha value is -3.18. The molecule has 0 aliphatic heterocycles. The summed E-state index contributed by atoms with van der Waals surface area (Å²) in [6.45, 7) is 0. The van der Waals surface area contributed by atoms with Gasteiger partial charge in [-0.1, -0.05) is 34.1 Å². The van der Waals surface area contributed by atoms with Gasteiger partial charge in [0.15, 0.2) is 5.78 Å². The maximum Gasteiger partial charge on any atom is 0.343 e. The standard InChI is InChI=1S/C23H17BrO4/c1-27-20-12-8-18(9-13-20)23(26)28-21-4-2-3-16(15-21)5-14-22(25)17-6-10-19(24)11-7-17/h2-15H,1H3. The molecule has 3 rings (SSSR count). The first kappa shape index (κ1) is 19.6. The third-order valence-electron chi connectivity index (χ3n) is 3.95. The van der Waals surface area contributed by atoms with Gasteiger partial charge in [0.05, 0.1) is 12.7 Å². The molecule has 0 amide bonds. The van der Waals surface area contributed by atoms with Crippen molar-refractivity contribution >= 4 is 33.8 Å². The van der Waals surface area contributed by atoms with Gasteiger partial charge in [-0.2, -0.15) is 0 Å². The first-order chi connectivity index (χ1) is 13.5. The highest BCUT2D eigenvalue weighted by Gasteiger charge is 2.09. The van der Waals surface area contributed by atoms with E-state index in [2.05, 4.69) is 15.9 Å². The quantitative estimate of drug-likeness (QED) is 0.219. The van der Waals surface area contributed by atoms with Gasteiger partial charge in [-0.15, -0.1) is 0 Å². The van der Waals surface area contributed by atoms with Crippen LogP contribution in [0.15, 0.2) is 83.3 Å². The molecule has 0 heterocycles. The zero-order valence-electron chi connectivity index (χ0n) is 15.1. The lowest BCUT2D eigenvalue weighted by Gasteiger charge is -2.06. The van der Waals surface area contributed by atoms with Crippen LogP contribution >= 0.6 is 15.9 Å². The summed E-state index contributed by atoms with van der Waals surface area (Å²) < 4.78 is 11.4. The smallest absolute Gasteiger partial charge is 0.343 e. The highest BCUT2D eigenvalue weighted by atomic mass is 79.9. The Bertz CT molecular complexity index is 1010. The molecule has 0 N–H and O–H groups in total. The predicted octanol–water partition coefficient (Wildman–Crippen LogP) is 5.57. The van der Waals surface area contributed by atoms with Gasteiger partial charge in [-0.3, -0.25) is 4.79 Å². The van der Waals surface area contributed by atoms with Gasteiger partial charge >= 0.3 is 5.97 Å². The van der Waals surface area contributed by atoms with Crippen molar-refractivity contribution in [3.63, 3.8) is 0 Å². The molecule has 0 fully saturated rings. The summed E-state index contributed by atoms with van der Waals surface area (Å²) in [5.41, 5.74) is 1.78. The average Bonchev–Trinajstić information content (AvgIpc) is 2.73. The van der Waals surface area contributed by atoms with E-state index in [0.717, 1.165) is 10.0 Å². The Balaban J connectivity index is 1.68. The number of methoxy groups -OCH3 is 1. The molecular formula is C23H17BrO4. The van der Waals surface area contributed by atoms with E-state index in [1.165, 1.54) is 6.08 Å². The van der Waals surface area contributed by atoms with E-state index in [0.29, 0.717) is 22.6 Å². The minimum Gasteiger partial charge on any atom is -0.497 e. The van der Waals surface area contributed by atoms with Crippen LogP contribution in [0, 0.1) is 0 Å².